The van der Waals surface area contributed by atoms with Crippen LogP contribution in [0.3, 0.4) is 0 Å². The lowest BCUT2D eigenvalue weighted by atomic mass is 10.2. The Balaban J connectivity index is 2.35. The highest BCUT2D eigenvalue weighted by molar-refractivity contribution is 7.99. The summed E-state index contributed by atoms with van der Waals surface area (Å²) in [5, 5.41) is 9.93. The third-order valence-electron chi connectivity index (χ3n) is 0.959. The van der Waals surface area contributed by atoms with Gasteiger partial charge in [-0.2, -0.15) is 0 Å². The minimum absolute atomic E-state index is 0.591. The fraction of sp³-hybridized carbons (Fsp3) is 0.571. The van der Waals surface area contributed by atoms with Gasteiger partial charge in [-0.15, -0.1) is 0 Å². The quantitative estimate of drug-likeness (QED) is 0.704. The van der Waals surface area contributed by atoms with Crippen molar-refractivity contribution in [1.29, 1.82) is 0 Å². The van der Waals surface area contributed by atoms with Gasteiger partial charge in [0.1, 0.15) is 6.26 Å². The molecule has 0 aromatic carbocycles. The summed E-state index contributed by atoms with van der Waals surface area (Å²) >= 11 is 1.41. The SMILES string of the molecule is CC(C)(O)CSc1ncco1. The molecule has 0 fully saturated rings. The summed E-state index contributed by atoms with van der Waals surface area (Å²) in [6, 6.07) is 0. The Labute approximate surface area is 69.8 Å². The van der Waals surface area contributed by atoms with Crippen LogP contribution >= 0.6 is 11.8 Å². The van der Waals surface area contributed by atoms with Crippen molar-refractivity contribution in [2.24, 2.45) is 0 Å². The standard InChI is InChI=1S/C7H11NO2S/c1-7(2,9)5-11-6-8-3-4-10-6/h3-4,9H,5H2,1-2H3. The molecule has 0 amide bonds. The van der Waals surface area contributed by atoms with Crippen molar-refractivity contribution in [3.05, 3.63) is 12.5 Å². The highest BCUT2D eigenvalue weighted by Crippen LogP contribution is 2.19. The van der Waals surface area contributed by atoms with Crippen LogP contribution in [0.2, 0.25) is 0 Å². The Kier molecular flexibility index (Phi) is 2.57. The third kappa shape index (κ3) is 3.43. The second kappa shape index (κ2) is 3.28. The molecule has 0 bridgehead atoms. The lowest BCUT2D eigenvalue weighted by Gasteiger charge is -2.14. The van der Waals surface area contributed by atoms with Crippen molar-refractivity contribution < 1.29 is 9.52 Å². The Bertz CT molecular complexity index is 203. The minimum Gasteiger partial charge on any atom is -0.440 e. The Hall–Kier alpha value is -0.480. The van der Waals surface area contributed by atoms with Gasteiger partial charge in [-0.1, -0.05) is 11.8 Å². The van der Waals surface area contributed by atoms with Gasteiger partial charge in [0.15, 0.2) is 0 Å². The molecule has 0 radical (unpaired) electrons. The molecule has 62 valence electrons. The molecule has 1 rings (SSSR count). The first-order valence-electron chi connectivity index (χ1n) is 3.32. The fourth-order valence-corrected chi connectivity index (χ4v) is 1.26. The van der Waals surface area contributed by atoms with E-state index in [0.717, 1.165) is 0 Å². The van der Waals surface area contributed by atoms with Gasteiger partial charge in [0, 0.05) is 5.75 Å². The molecule has 0 aliphatic rings. The molecule has 0 saturated carbocycles. The monoisotopic (exact) mass is 173 g/mol. The Morgan fingerprint density at radius 1 is 1.73 bits per heavy atom. The van der Waals surface area contributed by atoms with E-state index >= 15 is 0 Å². The van der Waals surface area contributed by atoms with Crippen LogP contribution in [0.4, 0.5) is 0 Å². The average Bonchev–Trinajstić information content (AvgIpc) is 2.32. The van der Waals surface area contributed by atoms with E-state index in [9.17, 15) is 5.11 Å². The highest BCUT2D eigenvalue weighted by atomic mass is 32.2. The van der Waals surface area contributed by atoms with Crippen LogP contribution in [0.1, 0.15) is 13.8 Å². The van der Waals surface area contributed by atoms with Crippen LogP contribution in [-0.4, -0.2) is 21.4 Å². The zero-order valence-corrected chi connectivity index (χ0v) is 7.39. The van der Waals surface area contributed by atoms with Crippen molar-refractivity contribution in [3.63, 3.8) is 0 Å². The third-order valence-corrected chi connectivity index (χ3v) is 2.26. The van der Waals surface area contributed by atoms with E-state index in [0.29, 0.717) is 11.0 Å². The molecule has 1 N–H and O–H groups in total. The zero-order valence-electron chi connectivity index (χ0n) is 6.57. The van der Waals surface area contributed by atoms with Crippen molar-refractivity contribution >= 4 is 11.8 Å². The number of nitrogens with zero attached hydrogens (tertiary/aromatic N) is 1. The van der Waals surface area contributed by atoms with E-state index in [-0.39, 0.29) is 0 Å². The largest absolute Gasteiger partial charge is 0.440 e. The molecule has 1 aromatic heterocycles. The van der Waals surface area contributed by atoms with Gasteiger partial charge in [0.2, 0.25) is 0 Å². The summed E-state index contributed by atoms with van der Waals surface area (Å²) in [5.41, 5.74) is -0.668. The maximum absolute atomic E-state index is 9.33. The van der Waals surface area contributed by atoms with Crippen LogP contribution in [0.5, 0.6) is 0 Å². The summed E-state index contributed by atoms with van der Waals surface area (Å²) in [4.78, 5) is 3.90. The number of hydrogen-bond acceptors (Lipinski definition) is 4. The summed E-state index contributed by atoms with van der Waals surface area (Å²) in [7, 11) is 0. The first kappa shape index (κ1) is 8.62. The second-order valence-electron chi connectivity index (χ2n) is 2.90. The van der Waals surface area contributed by atoms with Crippen molar-refractivity contribution in [1.82, 2.24) is 4.98 Å². The summed E-state index contributed by atoms with van der Waals surface area (Å²) in [6.45, 7) is 3.51. The van der Waals surface area contributed by atoms with Gasteiger partial charge in [0.25, 0.3) is 5.22 Å². The van der Waals surface area contributed by atoms with Crippen LogP contribution in [0.15, 0.2) is 22.1 Å². The van der Waals surface area contributed by atoms with Gasteiger partial charge in [-0.25, -0.2) is 4.98 Å². The molecule has 1 heterocycles. The molecule has 11 heavy (non-hydrogen) atoms. The van der Waals surface area contributed by atoms with Gasteiger partial charge >= 0.3 is 0 Å². The molecule has 0 aliphatic carbocycles. The predicted molar refractivity (Wildman–Crippen MR) is 43.5 cm³/mol. The molecule has 0 aliphatic heterocycles. The molecular weight excluding hydrogens is 162 g/mol. The molecule has 0 atom stereocenters. The number of thioether (sulfide) groups is 1. The van der Waals surface area contributed by atoms with Gasteiger partial charge in [-0.3, -0.25) is 0 Å². The lowest BCUT2D eigenvalue weighted by molar-refractivity contribution is 0.106. The molecular formula is C7H11NO2S. The number of hydrogen-bond donors (Lipinski definition) is 1. The fourth-order valence-electron chi connectivity index (χ4n) is 0.520. The van der Waals surface area contributed by atoms with Crippen LogP contribution < -0.4 is 0 Å². The number of rotatable bonds is 3. The lowest BCUT2D eigenvalue weighted by Crippen LogP contribution is -2.21. The first-order valence-corrected chi connectivity index (χ1v) is 4.31. The van der Waals surface area contributed by atoms with Gasteiger partial charge < -0.3 is 9.52 Å². The first-order chi connectivity index (χ1) is 5.08. The average molecular weight is 173 g/mol. The molecule has 0 spiro atoms. The molecule has 0 unspecified atom stereocenters. The maximum atomic E-state index is 9.33. The highest BCUT2D eigenvalue weighted by Gasteiger charge is 2.13. The van der Waals surface area contributed by atoms with Crippen LogP contribution in [0.25, 0.3) is 0 Å². The topological polar surface area (TPSA) is 46.3 Å². The zero-order chi connectivity index (χ0) is 8.32. The maximum Gasteiger partial charge on any atom is 0.255 e. The summed E-state index contributed by atoms with van der Waals surface area (Å²) in [6.07, 6.45) is 3.11. The van der Waals surface area contributed by atoms with Gasteiger partial charge in [0.05, 0.1) is 11.8 Å². The van der Waals surface area contributed by atoms with Crippen molar-refractivity contribution in [2.45, 2.75) is 24.7 Å². The van der Waals surface area contributed by atoms with E-state index in [4.69, 9.17) is 4.42 Å². The molecule has 0 saturated heterocycles. The predicted octanol–water partition coefficient (Wildman–Crippen LogP) is 1.54. The number of aliphatic hydroxyl groups is 1. The molecule has 4 heteroatoms. The Morgan fingerprint density at radius 2 is 2.45 bits per heavy atom. The van der Waals surface area contributed by atoms with Crippen molar-refractivity contribution in [3.8, 4) is 0 Å². The molecule has 3 nitrogen and oxygen atoms in total. The summed E-state index contributed by atoms with van der Waals surface area (Å²) in [5.74, 6) is 0.591. The second-order valence-corrected chi connectivity index (χ2v) is 3.83. The van der Waals surface area contributed by atoms with Crippen LogP contribution in [-0.2, 0) is 0 Å². The van der Waals surface area contributed by atoms with Crippen LogP contribution in [0, 0.1) is 0 Å². The minimum atomic E-state index is -0.668. The van der Waals surface area contributed by atoms with E-state index in [1.807, 2.05) is 0 Å². The summed E-state index contributed by atoms with van der Waals surface area (Å²) < 4.78 is 4.97. The van der Waals surface area contributed by atoms with Crippen molar-refractivity contribution in [2.75, 3.05) is 5.75 Å². The smallest absolute Gasteiger partial charge is 0.255 e. The van der Waals surface area contributed by atoms with E-state index in [1.54, 1.807) is 20.0 Å². The number of aromatic nitrogens is 1. The normalized spacial score (nSPS) is 11.9. The van der Waals surface area contributed by atoms with E-state index in [2.05, 4.69) is 4.98 Å². The molecule has 1 aromatic rings. The number of oxazole rings is 1. The Morgan fingerprint density at radius 3 is 2.91 bits per heavy atom. The van der Waals surface area contributed by atoms with E-state index < -0.39 is 5.60 Å². The van der Waals surface area contributed by atoms with Gasteiger partial charge in [-0.05, 0) is 13.8 Å². The van der Waals surface area contributed by atoms with E-state index in [1.165, 1.54) is 18.0 Å².